The second kappa shape index (κ2) is 8.99. The molecule has 0 fully saturated rings. The van der Waals surface area contributed by atoms with Crippen LogP contribution in [-0.2, 0) is 24.8 Å². The Bertz CT molecular complexity index is 1240. The molecule has 15 heteroatoms. The SMILES string of the molecule is COC1(NS(=O)(=O)c2cc(Cl)sc2Cl)C=CC=CC1NS(=O)(=O)c1cc(Cl)sc1Cl. The Labute approximate surface area is 201 Å². The van der Waals surface area contributed by atoms with E-state index in [-0.39, 0.29) is 27.1 Å². The fourth-order valence-electron chi connectivity index (χ4n) is 2.59. The summed E-state index contributed by atoms with van der Waals surface area (Å²) >= 11 is 25.4. The Morgan fingerprint density at radius 1 is 0.933 bits per heavy atom. The van der Waals surface area contributed by atoms with Crippen LogP contribution in [0.25, 0.3) is 0 Å². The number of sulfonamides is 2. The lowest BCUT2D eigenvalue weighted by atomic mass is 10.0. The molecule has 0 aromatic carbocycles. The van der Waals surface area contributed by atoms with Gasteiger partial charge in [-0.1, -0.05) is 64.6 Å². The Morgan fingerprint density at radius 2 is 1.47 bits per heavy atom. The zero-order valence-electron chi connectivity index (χ0n) is 14.7. The lowest BCUT2D eigenvalue weighted by molar-refractivity contribution is 0.00739. The number of nitrogens with one attached hydrogen (secondary N) is 2. The van der Waals surface area contributed by atoms with Crippen molar-refractivity contribution in [2.75, 3.05) is 7.11 Å². The molecule has 0 amide bonds. The van der Waals surface area contributed by atoms with Crippen LogP contribution < -0.4 is 9.44 Å². The van der Waals surface area contributed by atoms with Gasteiger partial charge in [-0.15, -0.1) is 22.7 Å². The van der Waals surface area contributed by atoms with Gasteiger partial charge in [-0.25, -0.2) is 16.8 Å². The molecule has 0 bridgehead atoms. The highest BCUT2D eigenvalue weighted by atomic mass is 35.5. The van der Waals surface area contributed by atoms with Gasteiger partial charge in [-0.2, -0.15) is 9.44 Å². The summed E-state index contributed by atoms with van der Waals surface area (Å²) in [5.41, 5.74) is -1.80. The van der Waals surface area contributed by atoms with Gasteiger partial charge in [0.15, 0.2) is 5.72 Å². The van der Waals surface area contributed by atoms with Crippen LogP contribution in [0.5, 0.6) is 0 Å². The summed E-state index contributed by atoms with van der Waals surface area (Å²) in [6, 6.07) is 1.22. The summed E-state index contributed by atoms with van der Waals surface area (Å²) in [5.74, 6) is 0. The number of hydrogen-bond acceptors (Lipinski definition) is 7. The van der Waals surface area contributed by atoms with Crippen LogP contribution >= 0.6 is 69.1 Å². The number of allylic oxidation sites excluding steroid dienone is 2. The number of hydrogen-bond donors (Lipinski definition) is 2. The lowest BCUT2D eigenvalue weighted by Gasteiger charge is -2.37. The molecule has 1 aliphatic carbocycles. The van der Waals surface area contributed by atoms with Crippen molar-refractivity contribution >= 4 is 89.1 Å². The first-order valence-electron chi connectivity index (χ1n) is 7.77. The molecule has 0 saturated heterocycles. The van der Waals surface area contributed by atoms with E-state index in [1.807, 2.05) is 0 Å². The standard InChI is InChI=1S/C15H12Cl4N2O5S4/c1-26-15(21-30(24,25)9-7-12(17)28-14(9)19)5-3-2-4-10(15)20-29(22,23)8-6-11(16)27-13(8)18/h2-7,10,20-21H,1H3. The van der Waals surface area contributed by atoms with Crippen molar-refractivity contribution < 1.29 is 21.6 Å². The Kier molecular flexibility index (Phi) is 7.33. The van der Waals surface area contributed by atoms with Crippen LogP contribution in [0.15, 0.2) is 46.2 Å². The smallest absolute Gasteiger partial charge is 0.245 e. The van der Waals surface area contributed by atoms with Crippen molar-refractivity contribution in [3.05, 3.63) is 53.8 Å². The fourth-order valence-corrected chi connectivity index (χ4v) is 9.42. The Morgan fingerprint density at radius 3 is 1.93 bits per heavy atom. The van der Waals surface area contributed by atoms with E-state index >= 15 is 0 Å². The molecule has 0 saturated carbocycles. The van der Waals surface area contributed by atoms with Gasteiger partial charge in [0.2, 0.25) is 20.0 Å². The molecule has 1 aliphatic rings. The van der Waals surface area contributed by atoms with E-state index in [0.717, 1.165) is 22.7 Å². The molecule has 30 heavy (non-hydrogen) atoms. The first-order valence-corrected chi connectivity index (χ1v) is 13.9. The molecule has 2 aromatic rings. The highest BCUT2D eigenvalue weighted by Gasteiger charge is 2.44. The van der Waals surface area contributed by atoms with Gasteiger partial charge in [0.05, 0.1) is 14.7 Å². The average Bonchev–Trinajstić information content (AvgIpc) is 3.17. The topological polar surface area (TPSA) is 102 Å². The van der Waals surface area contributed by atoms with E-state index < -0.39 is 31.8 Å². The van der Waals surface area contributed by atoms with Crippen LogP contribution in [0, 0.1) is 0 Å². The summed E-state index contributed by atoms with van der Waals surface area (Å²) < 4.78 is 62.0. The number of halogens is 4. The molecule has 0 spiro atoms. The zero-order valence-corrected chi connectivity index (χ0v) is 21.0. The normalized spacial score (nSPS) is 22.0. The molecule has 2 aromatic heterocycles. The minimum absolute atomic E-state index is 0.0360. The molecule has 0 radical (unpaired) electrons. The van der Waals surface area contributed by atoms with Crippen LogP contribution in [0.2, 0.25) is 17.3 Å². The largest absolute Gasteiger partial charge is 0.357 e. The van der Waals surface area contributed by atoms with Crippen molar-refractivity contribution in [2.45, 2.75) is 21.6 Å². The van der Waals surface area contributed by atoms with Crippen molar-refractivity contribution in [1.29, 1.82) is 0 Å². The van der Waals surface area contributed by atoms with Crippen molar-refractivity contribution in [1.82, 2.24) is 9.44 Å². The first kappa shape index (κ1) is 24.5. The van der Waals surface area contributed by atoms with Crippen LogP contribution in [0.1, 0.15) is 0 Å². The summed E-state index contributed by atoms with van der Waals surface area (Å²) in [6.07, 6.45) is 5.83. The van der Waals surface area contributed by atoms with E-state index in [9.17, 15) is 16.8 Å². The Hall–Kier alpha value is -0.180. The van der Waals surface area contributed by atoms with E-state index in [2.05, 4.69) is 9.44 Å². The summed E-state index contributed by atoms with van der Waals surface area (Å²) in [5, 5.41) is 0. The van der Waals surface area contributed by atoms with E-state index in [1.54, 1.807) is 0 Å². The molecule has 2 heterocycles. The highest BCUT2D eigenvalue weighted by Crippen LogP contribution is 2.37. The highest BCUT2D eigenvalue weighted by molar-refractivity contribution is 7.90. The van der Waals surface area contributed by atoms with Crippen molar-refractivity contribution in [3.63, 3.8) is 0 Å². The van der Waals surface area contributed by atoms with Crippen molar-refractivity contribution in [2.24, 2.45) is 0 Å². The quantitative estimate of drug-likeness (QED) is 0.477. The summed E-state index contributed by atoms with van der Waals surface area (Å²) in [7, 11) is -7.19. The van der Waals surface area contributed by atoms with Gasteiger partial charge in [-0.3, -0.25) is 0 Å². The van der Waals surface area contributed by atoms with Crippen molar-refractivity contribution in [3.8, 4) is 0 Å². The first-order chi connectivity index (χ1) is 13.9. The Balaban J connectivity index is 1.98. The third kappa shape index (κ3) is 4.91. The summed E-state index contributed by atoms with van der Waals surface area (Å²) in [6.45, 7) is 0. The molecule has 7 nitrogen and oxygen atoms in total. The zero-order chi connectivity index (χ0) is 22.3. The van der Waals surface area contributed by atoms with Crippen LogP contribution in [0.3, 0.4) is 0 Å². The van der Waals surface area contributed by atoms with Gasteiger partial charge in [0.1, 0.15) is 18.5 Å². The molecular formula is C15H12Cl4N2O5S4. The lowest BCUT2D eigenvalue weighted by Crippen LogP contribution is -2.62. The molecule has 2 atom stereocenters. The third-order valence-electron chi connectivity index (χ3n) is 3.96. The predicted molar refractivity (Wildman–Crippen MR) is 121 cm³/mol. The molecule has 164 valence electrons. The maximum Gasteiger partial charge on any atom is 0.245 e. The average molecular weight is 570 g/mol. The molecule has 2 unspecified atom stereocenters. The van der Waals surface area contributed by atoms with Crippen LogP contribution in [0.4, 0.5) is 0 Å². The molecule has 3 rings (SSSR count). The van der Waals surface area contributed by atoms with Crippen LogP contribution in [-0.4, -0.2) is 35.7 Å². The maximum atomic E-state index is 12.9. The molecule has 0 aliphatic heterocycles. The molecular weight excluding hydrogens is 558 g/mol. The van der Waals surface area contributed by atoms with Gasteiger partial charge in [-0.05, 0) is 18.2 Å². The van der Waals surface area contributed by atoms with Gasteiger partial charge < -0.3 is 4.74 Å². The number of rotatable bonds is 7. The minimum atomic E-state index is -4.24. The number of thiophene rings is 2. The maximum absolute atomic E-state index is 12.9. The number of methoxy groups -OCH3 is 1. The summed E-state index contributed by atoms with van der Waals surface area (Å²) in [4.78, 5) is -0.490. The second-order valence-corrected chi connectivity index (χ2v) is 13.7. The van der Waals surface area contributed by atoms with E-state index in [4.69, 9.17) is 51.1 Å². The fraction of sp³-hybridized carbons (Fsp3) is 0.200. The second-order valence-electron chi connectivity index (χ2n) is 5.82. The number of ether oxygens (including phenoxy) is 1. The predicted octanol–water partition coefficient (Wildman–Crippen LogP) is 4.52. The van der Waals surface area contributed by atoms with E-state index in [1.165, 1.54) is 43.5 Å². The minimum Gasteiger partial charge on any atom is -0.357 e. The molecule has 2 N–H and O–H groups in total. The van der Waals surface area contributed by atoms with Gasteiger partial charge in [0, 0.05) is 7.11 Å². The van der Waals surface area contributed by atoms with Gasteiger partial charge in [0.25, 0.3) is 0 Å². The van der Waals surface area contributed by atoms with Gasteiger partial charge >= 0.3 is 0 Å². The van der Waals surface area contributed by atoms with E-state index in [0.29, 0.717) is 0 Å². The third-order valence-corrected chi connectivity index (χ3v) is 10.4. The monoisotopic (exact) mass is 568 g/mol.